The Morgan fingerprint density at radius 3 is 2.40 bits per heavy atom. The average molecular weight is 331 g/mol. The lowest BCUT2D eigenvalue weighted by molar-refractivity contribution is 0.478. The van der Waals surface area contributed by atoms with Crippen LogP contribution in [0.3, 0.4) is 0 Å². The number of benzene rings is 1. The number of hydrogen-bond acceptors (Lipinski definition) is 5. The highest BCUT2D eigenvalue weighted by molar-refractivity contribution is 5.67. The Hall–Kier alpha value is -2.79. The van der Waals surface area contributed by atoms with Gasteiger partial charge in [0.2, 0.25) is 0 Å². The minimum Gasteiger partial charge on any atom is -0.367 e. The molecule has 3 aromatic rings. The second kappa shape index (κ2) is 7.40. The molecule has 0 bridgehead atoms. The van der Waals surface area contributed by atoms with Crippen molar-refractivity contribution < 1.29 is 0 Å². The summed E-state index contributed by atoms with van der Waals surface area (Å²) < 4.78 is 0. The van der Waals surface area contributed by atoms with E-state index in [1.165, 1.54) is 0 Å². The van der Waals surface area contributed by atoms with Crippen molar-refractivity contribution in [1.29, 1.82) is 0 Å². The molecular weight excluding hydrogens is 310 g/mol. The van der Waals surface area contributed by atoms with E-state index < -0.39 is 0 Å². The van der Waals surface area contributed by atoms with Crippen LogP contribution in [0.4, 0.5) is 5.82 Å². The molecule has 0 aliphatic carbocycles. The molecule has 126 valence electrons. The number of anilines is 1. The minimum atomic E-state index is 0.449. The van der Waals surface area contributed by atoms with Crippen LogP contribution in [0, 0.1) is 0 Å². The first kappa shape index (κ1) is 15.7. The molecule has 25 heavy (non-hydrogen) atoms. The van der Waals surface area contributed by atoms with Crippen LogP contribution >= 0.6 is 0 Å². The number of pyridine rings is 1. The van der Waals surface area contributed by atoms with Gasteiger partial charge in [-0.1, -0.05) is 30.3 Å². The third kappa shape index (κ3) is 3.83. The lowest BCUT2D eigenvalue weighted by Crippen LogP contribution is -2.35. The van der Waals surface area contributed by atoms with Crippen LogP contribution in [-0.4, -0.2) is 34.1 Å². The zero-order valence-corrected chi connectivity index (χ0v) is 14.0. The molecule has 2 N–H and O–H groups in total. The van der Waals surface area contributed by atoms with Crippen LogP contribution < -0.4 is 10.6 Å². The first-order chi connectivity index (χ1) is 12.4. The topological polar surface area (TPSA) is 62.7 Å². The third-order valence-electron chi connectivity index (χ3n) is 4.43. The van der Waals surface area contributed by atoms with Gasteiger partial charge in [0.1, 0.15) is 5.82 Å². The Balaban J connectivity index is 1.72. The number of aromatic nitrogens is 3. The molecular formula is C20H21N5. The van der Waals surface area contributed by atoms with Gasteiger partial charge in [0.05, 0.1) is 5.69 Å². The summed E-state index contributed by atoms with van der Waals surface area (Å²) in [5.74, 6) is 1.60. The fraction of sp³-hybridized carbons (Fsp3) is 0.250. The first-order valence-corrected chi connectivity index (χ1v) is 8.71. The molecule has 5 nitrogen and oxygen atoms in total. The number of nitrogens with one attached hydrogen (secondary N) is 2. The molecule has 0 radical (unpaired) electrons. The molecule has 0 spiro atoms. The van der Waals surface area contributed by atoms with E-state index in [0.29, 0.717) is 6.04 Å². The SMILES string of the molecule is c1ccc(-c2cc(NC3CCNCC3)nc(-c3ccncc3)n2)cc1. The Morgan fingerprint density at radius 2 is 1.64 bits per heavy atom. The van der Waals surface area contributed by atoms with Crippen LogP contribution in [0.5, 0.6) is 0 Å². The second-order valence-corrected chi connectivity index (χ2v) is 6.23. The molecule has 1 aliphatic heterocycles. The van der Waals surface area contributed by atoms with Crippen molar-refractivity contribution in [2.24, 2.45) is 0 Å². The van der Waals surface area contributed by atoms with Crippen molar-refractivity contribution in [1.82, 2.24) is 20.3 Å². The van der Waals surface area contributed by atoms with Crippen LogP contribution in [0.1, 0.15) is 12.8 Å². The molecule has 0 unspecified atom stereocenters. The van der Waals surface area contributed by atoms with Crippen LogP contribution in [-0.2, 0) is 0 Å². The fourth-order valence-electron chi connectivity index (χ4n) is 3.08. The maximum atomic E-state index is 4.78. The van der Waals surface area contributed by atoms with Gasteiger partial charge in [0.15, 0.2) is 5.82 Å². The van der Waals surface area contributed by atoms with Gasteiger partial charge in [0.25, 0.3) is 0 Å². The summed E-state index contributed by atoms with van der Waals surface area (Å²) in [6.07, 6.45) is 5.76. The van der Waals surface area contributed by atoms with E-state index >= 15 is 0 Å². The Morgan fingerprint density at radius 1 is 0.880 bits per heavy atom. The zero-order chi connectivity index (χ0) is 16.9. The monoisotopic (exact) mass is 331 g/mol. The van der Waals surface area contributed by atoms with E-state index in [0.717, 1.165) is 54.4 Å². The smallest absolute Gasteiger partial charge is 0.162 e. The van der Waals surface area contributed by atoms with Gasteiger partial charge >= 0.3 is 0 Å². The van der Waals surface area contributed by atoms with E-state index in [9.17, 15) is 0 Å². The van der Waals surface area contributed by atoms with E-state index in [1.807, 2.05) is 36.4 Å². The van der Waals surface area contributed by atoms with Crippen molar-refractivity contribution in [3.8, 4) is 22.6 Å². The lowest BCUT2D eigenvalue weighted by atomic mass is 10.1. The van der Waals surface area contributed by atoms with E-state index in [1.54, 1.807) is 12.4 Å². The summed E-state index contributed by atoms with van der Waals surface area (Å²) in [6, 6.07) is 16.6. The molecule has 1 fully saturated rings. The summed E-state index contributed by atoms with van der Waals surface area (Å²) in [5, 5.41) is 6.99. The highest BCUT2D eigenvalue weighted by Gasteiger charge is 2.15. The molecule has 4 rings (SSSR count). The summed E-state index contributed by atoms with van der Waals surface area (Å²) in [7, 11) is 0. The molecule has 1 aromatic carbocycles. The molecule has 1 aliphatic rings. The van der Waals surface area contributed by atoms with Crippen molar-refractivity contribution in [2.45, 2.75) is 18.9 Å². The van der Waals surface area contributed by atoms with Gasteiger partial charge < -0.3 is 10.6 Å². The van der Waals surface area contributed by atoms with Crippen molar-refractivity contribution in [3.63, 3.8) is 0 Å². The van der Waals surface area contributed by atoms with Gasteiger partial charge in [-0.25, -0.2) is 9.97 Å². The molecule has 1 saturated heterocycles. The maximum absolute atomic E-state index is 4.78. The van der Waals surface area contributed by atoms with Crippen molar-refractivity contribution >= 4 is 5.82 Å². The molecule has 5 heteroatoms. The van der Waals surface area contributed by atoms with Gasteiger partial charge in [0, 0.05) is 35.6 Å². The molecule has 3 heterocycles. The molecule has 0 amide bonds. The number of hydrogen-bond donors (Lipinski definition) is 2. The Labute approximate surface area is 147 Å². The van der Waals surface area contributed by atoms with Crippen LogP contribution in [0.2, 0.25) is 0 Å². The summed E-state index contributed by atoms with van der Waals surface area (Å²) >= 11 is 0. The Bertz CT molecular complexity index is 756. The third-order valence-corrected chi connectivity index (χ3v) is 4.43. The lowest BCUT2D eigenvalue weighted by Gasteiger charge is -2.24. The molecule has 2 aromatic heterocycles. The van der Waals surface area contributed by atoms with E-state index in [-0.39, 0.29) is 0 Å². The first-order valence-electron chi connectivity index (χ1n) is 8.71. The van der Waals surface area contributed by atoms with Gasteiger partial charge in [-0.15, -0.1) is 0 Å². The van der Waals surface area contributed by atoms with Gasteiger partial charge in [-0.2, -0.15) is 0 Å². The minimum absolute atomic E-state index is 0.449. The largest absolute Gasteiger partial charge is 0.367 e. The maximum Gasteiger partial charge on any atom is 0.162 e. The van der Waals surface area contributed by atoms with Gasteiger partial charge in [-0.3, -0.25) is 4.98 Å². The quantitative estimate of drug-likeness (QED) is 0.767. The van der Waals surface area contributed by atoms with E-state index in [2.05, 4.69) is 27.8 Å². The number of piperidine rings is 1. The highest BCUT2D eigenvalue weighted by atomic mass is 15.1. The Kier molecular flexibility index (Phi) is 4.65. The molecule has 0 saturated carbocycles. The predicted octanol–water partition coefficient (Wildman–Crippen LogP) is 3.37. The molecule has 0 atom stereocenters. The predicted molar refractivity (Wildman–Crippen MR) is 100 cm³/mol. The fourth-order valence-corrected chi connectivity index (χ4v) is 3.08. The number of rotatable bonds is 4. The van der Waals surface area contributed by atoms with Crippen LogP contribution in [0.15, 0.2) is 60.9 Å². The normalized spacial score (nSPS) is 15.0. The van der Waals surface area contributed by atoms with E-state index in [4.69, 9.17) is 9.97 Å². The van der Waals surface area contributed by atoms with Gasteiger partial charge in [-0.05, 0) is 38.1 Å². The van der Waals surface area contributed by atoms with Crippen LogP contribution in [0.25, 0.3) is 22.6 Å². The summed E-state index contributed by atoms with van der Waals surface area (Å²) in [4.78, 5) is 13.6. The standard InChI is InChI=1S/C20H21N5/c1-2-4-15(5-3-1)18-14-19(23-17-8-12-22-13-9-17)25-20(24-18)16-6-10-21-11-7-16/h1-7,10-11,14,17,22H,8-9,12-13H2,(H,23,24,25). The second-order valence-electron chi connectivity index (χ2n) is 6.23. The average Bonchev–Trinajstić information content (AvgIpc) is 2.70. The highest BCUT2D eigenvalue weighted by Crippen LogP contribution is 2.25. The van der Waals surface area contributed by atoms with Crippen molar-refractivity contribution in [3.05, 3.63) is 60.9 Å². The zero-order valence-electron chi connectivity index (χ0n) is 14.0. The van der Waals surface area contributed by atoms with Crippen molar-refractivity contribution in [2.75, 3.05) is 18.4 Å². The summed E-state index contributed by atoms with van der Waals surface area (Å²) in [6.45, 7) is 2.09. The summed E-state index contributed by atoms with van der Waals surface area (Å²) in [5.41, 5.74) is 2.99. The number of nitrogens with zero attached hydrogens (tertiary/aromatic N) is 3.